The fourth-order valence-electron chi connectivity index (χ4n) is 3.80. The lowest BCUT2D eigenvalue weighted by atomic mass is 9.96. The number of hydrogen-bond donors (Lipinski definition) is 0. The van der Waals surface area contributed by atoms with Crippen LogP contribution in [0.15, 0.2) is 69.6 Å². The molecular weight excluding hydrogens is 458 g/mol. The zero-order valence-electron chi connectivity index (χ0n) is 18.8. The molecule has 0 N–H and O–H groups in total. The quantitative estimate of drug-likeness (QED) is 0.523. The summed E-state index contributed by atoms with van der Waals surface area (Å²) in [5.74, 6) is -0.503. The average molecular weight is 482 g/mol. The first kappa shape index (κ1) is 23.0. The molecule has 0 saturated heterocycles. The summed E-state index contributed by atoms with van der Waals surface area (Å²) in [6.07, 6.45) is 1.84. The summed E-state index contributed by atoms with van der Waals surface area (Å²) in [6, 6.07) is 14.4. The number of halogens is 1. The Hall–Kier alpha value is -3.16. The molecule has 1 atom stereocenters. The van der Waals surface area contributed by atoms with Crippen LogP contribution in [-0.2, 0) is 9.53 Å². The molecule has 0 bridgehead atoms. The van der Waals surface area contributed by atoms with E-state index in [2.05, 4.69) is 4.99 Å². The van der Waals surface area contributed by atoms with Crippen molar-refractivity contribution in [1.29, 1.82) is 0 Å². The molecule has 0 radical (unpaired) electrons. The van der Waals surface area contributed by atoms with E-state index in [-0.39, 0.29) is 12.2 Å². The predicted molar refractivity (Wildman–Crippen MR) is 133 cm³/mol. The predicted octanol–water partition coefficient (Wildman–Crippen LogP) is 3.52. The number of nitrogens with zero attached hydrogens (tertiary/aromatic N) is 3. The number of benzene rings is 2. The monoisotopic (exact) mass is 481 g/mol. The highest BCUT2D eigenvalue weighted by atomic mass is 35.5. The molecule has 1 aliphatic heterocycles. The lowest BCUT2D eigenvalue weighted by Gasteiger charge is -2.25. The molecule has 0 spiro atoms. The summed E-state index contributed by atoms with van der Waals surface area (Å²) in [4.78, 5) is 33.6. The van der Waals surface area contributed by atoms with Crippen molar-refractivity contribution in [2.45, 2.75) is 19.9 Å². The van der Waals surface area contributed by atoms with E-state index < -0.39 is 12.0 Å². The van der Waals surface area contributed by atoms with Crippen LogP contribution in [0.25, 0.3) is 6.08 Å². The van der Waals surface area contributed by atoms with Gasteiger partial charge in [0.25, 0.3) is 5.56 Å². The molecule has 33 heavy (non-hydrogen) atoms. The smallest absolute Gasteiger partial charge is 0.338 e. The molecular formula is C25H24ClN3O3S. The van der Waals surface area contributed by atoms with Gasteiger partial charge in [-0.2, -0.15) is 0 Å². The molecule has 6 nitrogen and oxygen atoms in total. The molecule has 1 unspecified atom stereocenters. The lowest BCUT2D eigenvalue weighted by molar-refractivity contribution is -0.139. The first-order valence-corrected chi connectivity index (χ1v) is 11.7. The van der Waals surface area contributed by atoms with E-state index >= 15 is 0 Å². The van der Waals surface area contributed by atoms with Crippen LogP contribution in [0.4, 0.5) is 5.69 Å². The van der Waals surface area contributed by atoms with E-state index in [0.29, 0.717) is 31.2 Å². The Kier molecular flexibility index (Phi) is 6.54. The Balaban J connectivity index is 1.92. The van der Waals surface area contributed by atoms with E-state index in [9.17, 15) is 9.59 Å². The average Bonchev–Trinajstić information content (AvgIpc) is 3.08. The normalized spacial score (nSPS) is 15.8. The van der Waals surface area contributed by atoms with Gasteiger partial charge in [0.05, 0.1) is 22.4 Å². The number of carbonyl (C=O) groups is 1. The van der Waals surface area contributed by atoms with Gasteiger partial charge in [0.2, 0.25) is 0 Å². The molecule has 170 valence electrons. The van der Waals surface area contributed by atoms with E-state index in [4.69, 9.17) is 16.3 Å². The highest BCUT2D eigenvalue weighted by molar-refractivity contribution is 7.07. The number of anilines is 1. The number of fused-ring (bicyclic) bond motifs is 1. The Morgan fingerprint density at radius 1 is 1.21 bits per heavy atom. The van der Waals surface area contributed by atoms with Gasteiger partial charge in [-0.3, -0.25) is 9.36 Å². The standard InChI is InChI=1S/C25H24ClN3O3S/c1-5-32-24(31)21-15(2)27-25-29(22(21)18-8-6-7-9-19(18)26)23(30)20(33-25)14-16-10-12-17(13-11-16)28(3)4/h6-14,22H,5H2,1-4H3/b20-14+. The number of ether oxygens (including phenoxy) is 1. The van der Waals surface area contributed by atoms with Gasteiger partial charge >= 0.3 is 5.97 Å². The maximum absolute atomic E-state index is 13.6. The van der Waals surface area contributed by atoms with Crippen molar-refractivity contribution in [2.24, 2.45) is 4.99 Å². The van der Waals surface area contributed by atoms with Gasteiger partial charge < -0.3 is 9.64 Å². The first-order chi connectivity index (χ1) is 15.8. The largest absolute Gasteiger partial charge is 0.463 e. The summed E-state index contributed by atoms with van der Waals surface area (Å²) in [6.45, 7) is 3.72. The van der Waals surface area contributed by atoms with Crippen molar-refractivity contribution in [3.8, 4) is 0 Å². The summed E-state index contributed by atoms with van der Waals surface area (Å²) in [7, 11) is 3.95. The number of carbonyl (C=O) groups excluding carboxylic acids is 1. The van der Waals surface area contributed by atoms with Gasteiger partial charge in [-0.1, -0.05) is 53.3 Å². The van der Waals surface area contributed by atoms with Crippen LogP contribution in [0.2, 0.25) is 5.02 Å². The molecule has 2 heterocycles. The van der Waals surface area contributed by atoms with Gasteiger partial charge in [-0.05, 0) is 49.2 Å². The summed E-state index contributed by atoms with van der Waals surface area (Å²) in [5, 5.41) is 0.466. The van der Waals surface area contributed by atoms with Crippen molar-refractivity contribution in [2.75, 3.05) is 25.6 Å². The lowest BCUT2D eigenvalue weighted by Crippen LogP contribution is -2.40. The maximum atomic E-state index is 13.6. The van der Waals surface area contributed by atoms with Crippen LogP contribution in [0.1, 0.15) is 31.0 Å². The number of thiazole rings is 1. The van der Waals surface area contributed by atoms with Crippen LogP contribution in [-0.4, -0.2) is 31.2 Å². The third-order valence-electron chi connectivity index (χ3n) is 5.42. The Labute approximate surface area is 200 Å². The van der Waals surface area contributed by atoms with Gasteiger partial charge in [0, 0.05) is 24.8 Å². The van der Waals surface area contributed by atoms with Crippen LogP contribution in [0, 0.1) is 0 Å². The molecule has 4 rings (SSSR count). The number of aromatic nitrogens is 1. The number of hydrogen-bond acceptors (Lipinski definition) is 6. The van der Waals surface area contributed by atoms with Gasteiger partial charge in [0.15, 0.2) is 4.80 Å². The second kappa shape index (κ2) is 9.37. The molecule has 0 fully saturated rings. The first-order valence-electron chi connectivity index (χ1n) is 10.5. The van der Waals surface area contributed by atoms with Gasteiger partial charge in [0.1, 0.15) is 6.04 Å². The van der Waals surface area contributed by atoms with E-state index in [1.807, 2.05) is 67.5 Å². The summed E-state index contributed by atoms with van der Waals surface area (Å²) >= 11 is 7.81. The molecule has 0 aliphatic carbocycles. The van der Waals surface area contributed by atoms with Crippen molar-refractivity contribution in [1.82, 2.24) is 4.57 Å². The molecule has 2 aromatic carbocycles. The molecule has 1 aromatic heterocycles. The highest BCUT2D eigenvalue weighted by Crippen LogP contribution is 2.34. The number of rotatable bonds is 5. The minimum Gasteiger partial charge on any atom is -0.463 e. The molecule has 0 saturated carbocycles. The molecule has 1 aliphatic rings. The van der Waals surface area contributed by atoms with E-state index in [0.717, 1.165) is 11.3 Å². The van der Waals surface area contributed by atoms with Crippen molar-refractivity contribution in [3.63, 3.8) is 0 Å². The third-order valence-corrected chi connectivity index (χ3v) is 6.75. The molecule has 3 aromatic rings. The number of allylic oxidation sites excluding steroid dienone is 1. The molecule has 8 heteroatoms. The minimum absolute atomic E-state index is 0.220. The summed E-state index contributed by atoms with van der Waals surface area (Å²) in [5.41, 5.74) is 3.23. The second-order valence-corrected chi connectivity index (χ2v) is 9.23. The Morgan fingerprint density at radius 3 is 2.55 bits per heavy atom. The van der Waals surface area contributed by atoms with Gasteiger partial charge in [-0.15, -0.1) is 0 Å². The third kappa shape index (κ3) is 4.38. The van der Waals surface area contributed by atoms with Crippen molar-refractivity contribution in [3.05, 3.63) is 95.6 Å². The van der Waals surface area contributed by atoms with Crippen LogP contribution < -0.4 is 19.8 Å². The zero-order valence-corrected chi connectivity index (χ0v) is 20.4. The maximum Gasteiger partial charge on any atom is 0.338 e. The number of esters is 1. The highest BCUT2D eigenvalue weighted by Gasteiger charge is 2.34. The van der Waals surface area contributed by atoms with E-state index in [1.165, 1.54) is 11.3 Å². The van der Waals surface area contributed by atoms with Crippen LogP contribution in [0.3, 0.4) is 0 Å². The SMILES string of the molecule is CCOC(=O)C1=C(C)N=c2s/c(=C/c3ccc(N(C)C)cc3)c(=O)n2C1c1ccccc1Cl. The van der Waals surface area contributed by atoms with E-state index in [1.54, 1.807) is 24.5 Å². The summed E-state index contributed by atoms with van der Waals surface area (Å²) < 4.78 is 7.38. The Bertz CT molecular complexity index is 1420. The fourth-order valence-corrected chi connectivity index (χ4v) is 5.09. The fraction of sp³-hybridized carbons (Fsp3) is 0.240. The topological polar surface area (TPSA) is 63.9 Å². The van der Waals surface area contributed by atoms with Crippen LogP contribution in [0.5, 0.6) is 0 Å². The second-order valence-electron chi connectivity index (χ2n) is 7.81. The van der Waals surface area contributed by atoms with Crippen LogP contribution >= 0.6 is 22.9 Å². The minimum atomic E-state index is -0.715. The van der Waals surface area contributed by atoms with Crippen molar-refractivity contribution >= 4 is 40.7 Å². The Morgan fingerprint density at radius 2 is 1.91 bits per heavy atom. The van der Waals surface area contributed by atoms with Gasteiger partial charge in [-0.25, -0.2) is 9.79 Å². The van der Waals surface area contributed by atoms with Crippen molar-refractivity contribution < 1.29 is 9.53 Å². The zero-order chi connectivity index (χ0) is 23.7. The molecule has 0 amide bonds.